The maximum atomic E-state index is 12.7. The summed E-state index contributed by atoms with van der Waals surface area (Å²) in [4.78, 5) is 4.22. The van der Waals surface area contributed by atoms with Gasteiger partial charge in [0.05, 0.1) is 12.1 Å². The SMILES string of the molecule is Cn1cccc1Cc1ccc(C2=NOC(O)(C(F)(F)F)C2)cc1. The maximum Gasteiger partial charge on any atom is 0.458 e. The van der Waals surface area contributed by atoms with E-state index < -0.39 is 18.4 Å². The molecule has 1 aromatic heterocycles. The third-order valence-corrected chi connectivity index (χ3v) is 3.88. The minimum atomic E-state index is -4.88. The summed E-state index contributed by atoms with van der Waals surface area (Å²) in [5.74, 6) is -3.23. The van der Waals surface area contributed by atoms with Gasteiger partial charge in [0.25, 0.3) is 0 Å². The number of hydrogen-bond donors (Lipinski definition) is 1. The molecule has 3 rings (SSSR count). The fourth-order valence-corrected chi connectivity index (χ4v) is 2.43. The fraction of sp³-hybridized carbons (Fsp3) is 0.312. The lowest BCUT2D eigenvalue weighted by Crippen LogP contribution is -2.45. The van der Waals surface area contributed by atoms with Gasteiger partial charge in [0.15, 0.2) is 0 Å². The van der Waals surface area contributed by atoms with E-state index >= 15 is 0 Å². The van der Waals surface area contributed by atoms with Gasteiger partial charge in [-0.15, -0.1) is 0 Å². The van der Waals surface area contributed by atoms with Crippen LogP contribution in [0.1, 0.15) is 23.2 Å². The smallest absolute Gasteiger partial charge is 0.354 e. The van der Waals surface area contributed by atoms with E-state index in [1.807, 2.05) is 42.1 Å². The predicted molar refractivity (Wildman–Crippen MR) is 77.9 cm³/mol. The molecule has 0 fully saturated rings. The van der Waals surface area contributed by atoms with Gasteiger partial charge in [-0.1, -0.05) is 29.4 Å². The number of alkyl halides is 3. The molecular formula is C16H15F3N2O2. The highest BCUT2D eigenvalue weighted by molar-refractivity contribution is 6.01. The van der Waals surface area contributed by atoms with Gasteiger partial charge in [0.1, 0.15) is 0 Å². The maximum absolute atomic E-state index is 12.7. The molecule has 1 N–H and O–H groups in total. The van der Waals surface area contributed by atoms with Gasteiger partial charge in [-0.25, -0.2) is 0 Å². The van der Waals surface area contributed by atoms with Crippen LogP contribution < -0.4 is 0 Å². The summed E-state index contributed by atoms with van der Waals surface area (Å²) >= 11 is 0. The molecule has 0 amide bonds. The third kappa shape index (κ3) is 2.96. The molecule has 0 radical (unpaired) electrons. The monoisotopic (exact) mass is 324 g/mol. The Morgan fingerprint density at radius 2 is 1.96 bits per heavy atom. The molecule has 1 unspecified atom stereocenters. The first-order valence-corrected chi connectivity index (χ1v) is 7.02. The van der Waals surface area contributed by atoms with E-state index in [2.05, 4.69) is 9.99 Å². The van der Waals surface area contributed by atoms with Crippen LogP contribution in [0.2, 0.25) is 0 Å². The molecule has 7 heteroatoms. The first-order chi connectivity index (χ1) is 10.8. The minimum Gasteiger partial charge on any atom is -0.354 e. The molecule has 23 heavy (non-hydrogen) atoms. The molecule has 1 atom stereocenters. The Labute approximate surface area is 130 Å². The van der Waals surface area contributed by atoms with Crippen LogP contribution in [0.3, 0.4) is 0 Å². The van der Waals surface area contributed by atoms with Crippen molar-refractivity contribution < 1.29 is 23.1 Å². The number of benzene rings is 1. The van der Waals surface area contributed by atoms with Crippen LogP contribution in [0, 0.1) is 0 Å². The van der Waals surface area contributed by atoms with Crippen molar-refractivity contribution in [3.8, 4) is 0 Å². The normalized spacial score (nSPS) is 21.2. The van der Waals surface area contributed by atoms with E-state index in [0.29, 0.717) is 5.56 Å². The number of aryl methyl sites for hydroxylation is 1. The number of aliphatic hydroxyl groups is 1. The van der Waals surface area contributed by atoms with Crippen molar-refractivity contribution >= 4 is 5.71 Å². The Morgan fingerprint density at radius 3 is 2.48 bits per heavy atom. The standard InChI is InChI=1S/C16H15F3N2O2/c1-21-8-2-3-13(21)9-11-4-6-12(7-5-11)14-10-15(22,23-20-14)16(17,18)19/h2-8,22H,9-10H2,1H3. The Morgan fingerprint density at radius 1 is 1.26 bits per heavy atom. The summed E-state index contributed by atoms with van der Waals surface area (Å²) < 4.78 is 40.1. The largest absolute Gasteiger partial charge is 0.458 e. The van der Waals surface area contributed by atoms with Crippen LogP contribution in [-0.4, -0.2) is 27.3 Å². The van der Waals surface area contributed by atoms with Crippen LogP contribution in [-0.2, 0) is 18.3 Å². The van der Waals surface area contributed by atoms with Gasteiger partial charge in [0.2, 0.25) is 0 Å². The first kappa shape index (κ1) is 15.6. The molecule has 1 aromatic carbocycles. The molecule has 4 nitrogen and oxygen atoms in total. The second kappa shape index (κ2) is 5.42. The van der Waals surface area contributed by atoms with Crippen LogP contribution in [0.5, 0.6) is 0 Å². The summed E-state index contributed by atoms with van der Waals surface area (Å²) in [5.41, 5.74) is 2.74. The Kier molecular flexibility index (Phi) is 3.68. The van der Waals surface area contributed by atoms with Gasteiger partial charge in [-0.05, 0) is 23.3 Å². The topological polar surface area (TPSA) is 46.8 Å². The zero-order valence-electron chi connectivity index (χ0n) is 12.3. The van der Waals surface area contributed by atoms with Crippen LogP contribution in [0.15, 0.2) is 47.8 Å². The first-order valence-electron chi connectivity index (χ1n) is 7.02. The van der Waals surface area contributed by atoms with E-state index in [9.17, 15) is 18.3 Å². The van der Waals surface area contributed by atoms with Gasteiger partial charge < -0.3 is 14.5 Å². The molecule has 2 aromatic rings. The molecule has 2 heterocycles. The Bertz CT molecular complexity index is 735. The average molecular weight is 324 g/mol. The predicted octanol–water partition coefficient (Wildman–Crippen LogP) is 2.99. The fourth-order valence-electron chi connectivity index (χ4n) is 2.43. The molecule has 122 valence electrons. The second-order valence-corrected chi connectivity index (χ2v) is 5.57. The quantitative estimate of drug-likeness (QED) is 0.943. The van der Waals surface area contributed by atoms with E-state index in [4.69, 9.17) is 0 Å². The number of aromatic nitrogens is 1. The lowest BCUT2D eigenvalue weighted by Gasteiger charge is -2.22. The second-order valence-electron chi connectivity index (χ2n) is 5.57. The van der Waals surface area contributed by atoms with Gasteiger partial charge >= 0.3 is 12.0 Å². The summed E-state index contributed by atoms with van der Waals surface area (Å²) in [6.45, 7) is 0. The van der Waals surface area contributed by atoms with Crippen LogP contribution in [0.4, 0.5) is 13.2 Å². The molecule has 0 bridgehead atoms. The molecule has 1 aliphatic heterocycles. The zero-order chi connectivity index (χ0) is 16.7. The molecule has 0 saturated carbocycles. The number of rotatable bonds is 3. The average Bonchev–Trinajstić information content (AvgIpc) is 3.07. The number of nitrogens with zero attached hydrogens (tertiary/aromatic N) is 2. The molecule has 0 aliphatic carbocycles. The van der Waals surface area contributed by atoms with Crippen LogP contribution in [0.25, 0.3) is 0 Å². The summed E-state index contributed by atoms with van der Waals surface area (Å²) in [7, 11) is 1.95. The van der Waals surface area contributed by atoms with Crippen molar-refractivity contribution in [2.45, 2.75) is 24.8 Å². The van der Waals surface area contributed by atoms with E-state index in [1.165, 1.54) is 0 Å². The van der Waals surface area contributed by atoms with E-state index in [1.54, 1.807) is 12.1 Å². The zero-order valence-corrected chi connectivity index (χ0v) is 12.3. The van der Waals surface area contributed by atoms with Gasteiger partial charge in [-0.3, -0.25) is 0 Å². The number of hydrogen-bond acceptors (Lipinski definition) is 3. The highest BCUT2D eigenvalue weighted by atomic mass is 19.4. The van der Waals surface area contributed by atoms with E-state index in [0.717, 1.165) is 17.7 Å². The molecule has 0 spiro atoms. The summed E-state index contributed by atoms with van der Waals surface area (Å²) in [6.07, 6.45) is -2.93. The summed E-state index contributed by atoms with van der Waals surface area (Å²) in [6, 6.07) is 11.0. The Hall–Kier alpha value is -2.28. The lowest BCUT2D eigenvalue weighted by atomic mass is 10.0. The van der Waals surface area contributed by atoms with Crippen molar-refractivity contribution in [2.24, 2.45) is 12.2 Å². The van der Waals surface area contributed by atoms with Crippen molar-refractivity contribution in [1.82, 2.24) is 4.57 Å². The summed E-state index contributed by atoms with van der Waals surface area (Å²) in [5, 5.41) is 12.8. The highest BCUT2D eigenvalue weighted by Gasteiger charge is 2.60. The molecular weight excluding hydrogens is 309 g/mol. The van der Waals surface area contributed by atoms with Gasteiger partial charge in [-0.2, -0.15) is 13.2 Å². The number of halogens is 3. The van der Waals surface area contributed by atoms with Crippen LogP contribution >= 0.6 is 0 Å². The van der Waals surface area contributed by atoms with Crippen molar-refractivity contribution in [3.05, 3.63) is 59.4 Å². The van der Waals surface area contributed by atoms with Crippen molar-refractivity contribution in [1.29, 1.82) is 0 Å². The molecule has 0 saturated heterocycles. The highest BCUT2D eigenvalue weighted by Crippen LogP contribution is 2.38. The number of oxime groups is 1. The van der Waals surface area contributed by atoms with Gasteiger partial charge in [0, 0.05) is 25.4 Å². The third-order valence-electron chi connectivity index (χ3n) is 3.88. The van der Waals surface area contributed by atoms with Crippen molar-refractivity contribution in [2.75, 3.05) is 0 Å². The Balaban J connectivity index is 1.73. The van der Waals surface area contributed by atoms with E-state index in [-0.39, 0.29) is 5.71 Å². The lowest BCUT2D eigenvalue weighted by molar-refractivity contribution is -0.355. The minimum absolute atomic E-state index is 0.0789. The molecule has 1 aliphatic rings. The van der Waals surface area contributed by atoms with Crippen molar-refractivity contribution in [3.63, 3.8) is 0 Å².